The summed E-state index contributed by atoms with van der Waals surface area (Å²) in [5, 5.41) is 6.73. The SMILES string of the molecule is C(=C(\c1cccnc1)P(c1ccccc1)c1ccccc1)/P(c1ccccc1)c1ccccc1. The summed E-state index contributed by atoms with van der Waals surface area (Å²) in [6.45, 7) is 0. The quantitative estimate of drug-likeness (QED) is 0.241. The minimum absolute atomic E-state index is 0.701. The molecule has 0 aliphatic carbocycles. The van der Waals surface area contributed by atoms with Crippen LogP contribution in [-0.2, 0) is 0 Å². The second-order valence-corrected chi connectivity index (χ2v) is 12.0. The van der Waals surface area contributed by atoms with Gasteiger partial charge in [0.1, 0.15) is 0 Å². The average molecular weight is 473 g/mol. The van der Waals surface area contributed by atoms with Gasteiger partial charge in [-0.25, -0.2) is 0 Å². The number of hydrogen-bond donors (Lipinski definition) is 0. The standard InChI is InChI=1S/C31H25NP2/c1-5-15-27(16-6-1)33(28-17-7-2-8-18-28)25-31(26-14-13-23-32-24-26)34(29-19-9-3-10-20-29)30-21-11-4-12-22-30/h1-25H/b31-25-. The summed E-state index contributed by atoms with van der Waals surface area (Å²) in [7, 11) is -1.47. The number of pyridine rings is 1. The van der Waals surface area contributed by atoms with Gasteiger partial charge in [-0.2, -0.15) is 0 Å². The first-order valence-corrected chi connectivity index (χ1v) is 14.1. The van der Waals surface area contributed by atoms with Gasteiger partial charge in [0.2, 0.25) is 0 Å². The van der Waals surface area contributed by atoms with Crippen molar-refractivity contribution in [2.75, 3.05) is 0 Å². The van der Waals surface area contributed by atoms with Gasteiger partial charge in [-0.1, -0.05) is 127 Å². The van der Waals surface area contributed by atoms with Crippen LogP contribution < -0.4 is 21.2 Å². The van der Waals surface area contributed by atoms with Gasteiger partial charge in [-0.05, 0) is 54.3 Å². The summed E-state index contributed by atoms with van der Waals surface area (Å²) in [5.74, 6) is 2.53. The van der Waals surface area contributed by atoms with Gasteiger partial charge in [0, 0.05) is 18.0 Å². The molecule has 0 amide bonds. The van der Waals surface area contributed by atoms with Crippen molar-refractivity contribution in [2.24, 2.45) is 0 Å². The van der Waals surface area contributed by atoms with E-state index in [2.05, 4.69) is 138 Å². The van der Waals surface area contributed by atoms with E-state index in [4.69, 9.17) is 0 Å². The van der Waals surface area contributed by atoms with Crippen molar-refractivity contribution >= 4 is 42.4 Å². The Labute approximate surface area is 204 Å². The molecule has 1 nitrogen and oxygen atoms in total. The van der Waals surface area contributed by atoms with Crippen molar-refractivity contribution in [3.05, 3.63) is 157 Å². The smallest absolute Gasteiger partial charge is 0.0346 e. The highest BCUT2D eigenvalue weighted by Crippen LogP contribution is 2.53. The van der Waals surface area contributed by atoms with Crippen molar-refractivity contribution < 1.29 is 0 Å². The van der Waals surface area contributed by atoms with Crippen LogP contribution in [0, 0.1) is 0 Å². The molecule has 1 heterocycles. The van der Waals surface area contributed by atoms with E-state index in [9.17, 15) is 0 Å². The normalized spacial score (nSPS) is 11.6. The summed E-state index contributed by atoms with van der Waals surface area (Å²) in [5.41, 5.74) is 1.18. The number of hydrogen-bond acceptors (Lipinski definition) is 1. The van der Waals surface area contributed by atoms with Crippen molar-refractivity contribution in [1.82, 2.24) is 4.98 Å². The lowest BCUT2D eigenvalue weighted by Crippen LogP contribution is -2.14. The lowest BCUT2D eigenvalue weighted by atomic mass is 10.3. The lowest BCUT2D eigenvalue weighted by Gasteiger charge is -2.25. The van der Waals surface area contributed by atoms with E-state index in [1.165, 1.54) is 32.1 Å². The molecule has 34 heavy (non-hydrogen) atoms. The Kier molecular flexibility index (Phi) is 7.37. The lowest BCUT2D eigenvalue weighted by molar-refractivity contribution is 1.32. The number of nitrogens with zero attached hydrogens (tertiary/aromatic N) is 1. The second kappa shape index (κ2) is 11.2. The van der Waals surface area contributed by atoms with Crippen LogP contribution in [0.4, 0.5) is 0 Å². The Hall–Kier alpha value is -3.37. The van der Waals surface area contributed by atoms with Gasteiger partial charge in [0.05, 0.1) is 0 Å². The van der Waals surface area contributed by atoms with Gasteiger partial charge in [-0.3, -0.25) is 4.98 Å². The second-order valence-electron chi connectivity index (χ2n) is 7.80. The topological polar surface area (TPSA) is 12.9 Å². The maximum atomic E-state index is 4.50. The molecule has 0 aliphatic heterocycles. The molecule has 0 N–H and O–H groups in total. The highest BCUT2D eigenvalue weighted by molar-refractivity contribution is 7.84. The number of aromatic nitrogens is 1. The highest BCUT2D eigenvalue weighted by atomic mass is 31.1. The van der Waals surface area contributed by atoms with Crippen molar-refractivity contribution in [2.45, 2.75) is 0 Å². The van der Waals surface area contributed by atoms with Crippen molar-refractivity contribution in [3.8, 4) is 0 Å². The zero-order chi connectivity index (χ0) is 23.0. The molecule has 0 spiro atoms. The van der Waals surface area contributed by atoms with Crippen LogP contribution in [-0.4, -0.2) is 4.98 Å². The third kappa shape index (κ3) is 5.23. The summed E-state index contributed by atoms with van der Waals surface area (Å²) in [6.07, 6.45) is 3.86. The van der Waals surface area contributed by atoms with Crippen molar-refractivity contribution in [3.63, 3.8) is 0 Å². The van der Waals surface area contributed by atoms with E-state index in [1.807, 2.05) is 18.5 Å². The largest absolute Gasteiger partial charge is 0.264 e. The minimum atomic E-state index is -0.767. The van der Waals surface area contributed by atoms with Crippen molar-refractivity contribution in [1.29, 1.82) is 0 Å². The van der Waals surface area contributed by atoms with Gasteiger partial charge >= 0.3 is 0 Å². The predicted octanol–water partition coefficient (Wildman–Crippen LogP) is 6.65. The zero-order valence-corrected chi connectivity index (χ0v) is 20.6. The Bertz CT molecular complexity index is 1240. The molecule has 4 aromatic carbocycles. The van der Waals surface area contributed by atoms with Crippen LogP contribution in [0.25, 0.3) is 5.31 Å². The van der Waals surface area contributed by atoms with Crippen LogP contribution >= 0.6 is 15.8 Å². The van der Waals surface area contributed by atoms with Crippen LogP contribution in [0.3, 0.4) is 0 Å². The molecule has 0 bridgehead atoms. The number of rotatable bonds is 7. The molecule has 164 valence electrons. The Morgan fingerprint density at radius 3 is 1.35 bits per heavy atom. The summed E-state index contributed by atoms with van der Waals surface area (Å²) >= 11 is 0. The summed E-state index contributed by atoms with van der Waals surface area (Å²) < 4.78 is 0. The van der Waals surface area contributed by atoms with Gasteiger partial charge < -0.3 is 0 Å². The van der Waals surface area contributed by atoms with E-state index in [-0.39, 0.29) is 0 Å². The van der Waals surface area contributed by atoms with E-state index in [1.54, 1.807) is 0 Å². The molecule has 0 saturated heterocycles. The highest BCUT2D eigenvalue weighted by Gasteiger charge is 2.23. The Morgan fingerprint density at radius 2 is 0.941 bits per heavy atom. The molecule has 0 radical (unpaired) electrons. The first-order valence-electron chi connectivity index (χ1n) is 11.3. The predicted molar refractivity (Wildman–Crippen MR) is 150 cm³/mol. The Morgan fingerprint density at radius 1 is 0.500 bits per heavy atom. The minimum Gasteiger partial charge on any atom is -0.264 e. The number of benzene rings is 4. The van der Waals surface area contributed by atoms with Crippen LogP contribution in [0.1, 0.15) is 5.56 Å². The molecule has 0 fully saturated rings. The fraction of sp³-hybridized carbons (Fsp3) is 0. The fourth-order valence-electron chi connectivity index (χ4n) is 3.95. The van der Waals surface area contributed by atoms with E-state index in [0.717, 1.165) is 0 Å². The van der Waals surface area contributed by atoms with Crippen LogP contribution in [0.15, 0.2) is 152 Å². The van der Waals surface area contributed by atoms with E-state index >= 15 is 0 Å². The average Bonchev–Trinajstić information content (AvgIpc) is 2.93. The molecule has 0 unspecified atom stereocenters. The maximum absolute atomic E-state index is 4.50. The van der Waals surface area contributed by atoms with Gasteiger partial charge in [0.15, 0.2) is 0 Å². The van der Waals surface area contributed by atoms with Crippen LogP contribution in [0.2, 0.25) is 0 Å². The molecule has 1 aromatic heterocycles. The molecule has 3 heteroatoms. The molecule has 0 atom stereocenters. The third-order valence-corrected chi connectivity index (χ3v) is 10.5. The maximum Gasteiger partial charge on any atom is 0.0346 e. The van der Waals surface area contributed by atoms with Gasteiger partial charge in [0.25, 0.3) is 0 Å². The van der Waals surface area contributed by atoms with E-state index in [0.29, 0.717) is 0 Å². The molecular weight excluding hydrogens is 448 g/mol. The molecule has 5 rings (SSSR count). The van der Waals surface area contributed by atoms with Gasteiger partial charge in [-0.15, -0.1) is 0 Å². The zero-order valence-electron chi connectivity index (χ0n) is 18.8. The third-order valence-electron chi connectivity index (χ3n) is 5.55. The first-order chi connectivity index (χ1) is 16.9. The van der Waals surface area contributed by atoms with E-state index < -0.39 is 15.8 Å². The molecule has 0 saturated carbocycles. The Balaban J connectivity index is 1.76. The monoisotopic (exact) mass is 473 g/mol. The summed E-state index contributed by atoms with van der Waals surface area (Å²) in [4.78, 5) is 4.50. The van der Waals surface area contributed by atoms with Crippen LogP contribution in [0.5, 0.6) is 0 Å². The molecule has 0 aliphatic rings. The summed E-state index contributed by atoms with van der Waals surface area (Å²) in [6, 6.07) is 47.8. The first kappa shape index (κ1) is 22.4. The molecular formula is C31H25NP2. The molecule has 5 aromatic rings. The fourth-order valence-corrected chi connectivity index (χ4v) is 8.93.